The van der Waals surface area contributed by atoms with E-state index in [4.69, 9.17) is 14.2 Å². The van der Waals surface area contributed by atoms with E-state index < -0.39 is 17.8 Å². The number of benzene rings is 1. The maximum absolute atomic E-state index is 12.9. The summed E-state index contributed by atoms with van der Waals surface area (Å²) in [6.07, 6.45) is 1.87. The third kappa shape index (κ3) is 3.80. The molecule has 1 aromatic rings. The number of aliphatic imine (C=N–C) groups is 1. The van der Waals surface area contributed by atoms with Crippen LogP contribution >= 0.6 is 0 Å². The van der Waals surface area contributed by atoms with E-state index in [1.54, 1.807) is 25.1 Å². The summed E-state index contributed by atoms with van der Waals surface area (Å²) in [5.74, 6) is -1.46. The number of phenolic OH excluding ortho intramolecular Hbond substituents is 1. The van der Waals surface area contributed by atoms with Crippen LogP contribution < -0.4 is 4.74 Å². The number of allylic oxidation sites excluding steroid dienone is 2. The molecular weight excluding hydrogens is 362 g/mol. The maximum Gasteiger partial charge on any atom is 0.315 e. The van der Waals surface area contributed by atoms with Crippen LogP contribution in [-0.2, 0) is 19.1 Å². The summed E-state index contributed by atoms with van der Waals surface area (Å²) in [4.78, 5) is 30.2. The van der Waals surface area contributed by atoms with Crippen molar-refractivity contribution in [3.63, 3.8) is 0 Å². The average molecular weight is 387 g/mol. The maximum atomic E-state index is 12.9. The standard InChI is InChI=1S/C21H25NO6/c1-12-18(21(25)28-10-9-26-2)19(13-7-8-17(27-3)16(24)11-13)20-14(22-12)5-4-6-15(20)23/h7-8,11,18-19,24H,4-6,9-10H2,1-3H3/t18?,19-/m1/s1. The Balaban J connectivity index is 2.06. The van der Waals surface area contributed by atoms with Crippen molar-refractivity contribution in [3.8, 4) is 11.5 Å². The van der Waals surface area contributed by atoms with Crippen LogP contribution in [0.15, 0.2) is 34.5 Å². The van der Waals surface area contributed by atoms with Gasteiger partial charge in [-0.3, -0.25) is 14.6 Å². The number of carbonyl (C=O) groups excluding carboxylic acids is 2. The highest BCUT2D eigenvalue weighted by Gasteiger charge is 2.43. The lowest BCUT2D eigenvalue weighted by molar-refractivity contribution is -0.147. The number of nitrogens with zero attached hydrogens (tertiary/aromatic N) is 1. The number of aromatic hydroxyl groups is 1. The van der Waals surface area contributed by atoms with E-state index in [0.29, 0.717) is 35.4 Å². The van der Waals surface area contributed by atoms with E-state index >= 15 is 0 Å². The Morgan fingerprint density at radius 1 is 1.25 bits per heavy atom. The summed E-state index contributed by atoms with van der Waals surface area (Å²) in [7, 11) is 3.00. The second-order valence-electron chi connectivity index (χ2n) is 6.94. The van der Waals surface area contributed by atoms with Crippen LogP contribution in [0.5, 0.6) is 11.5 Å². The highest BCUT2D eigenvalue weighted by atomic mass is 16.6. The largest absolute Gasteiger partial charge is 0.504 e. The quantitative estimate of drug-likeness (QED) is 0.596. The van der Waals surface area contributed by atoms with E-state index in [2.05, 4.69) is 4.99 Å². The topological polar surface area (TPSA) is 94.4 Å². The molecule has 150 valence electrons. The van der Waals surface area contributed by atoms with Crippen LogP contribution in [0.25, 0.3) is 0 Å². The van der Waals surface area contributed by atoms with Crippen molar-refractivity contribution < 1.29 is 28.9 Å². The molecule has 0 radical (unpaired) electrons. The fraction of sp³-hybridized carbons (Fsp3) is 0.476. The zero-order valence-electron chi connectivity index (χ0n) is 16.4. The number of ether oxygens (including phenoxy) is 3. The molecule has 7 nitrogen and oxygen atoms in total. The van der Waals surface area contributed by atoms with Crippen molar-refractivity contribution in [2.75, 3.05) is 27.4 Å². The Labute approximate surface area is 164 Å². The molecule has 0 amide bonds. The molecular formula is C21H25NO6. The van der Waals surface area contributed by atoms with E-state index in [9.17, 15) is 14.7 Å². The lowest BCUT2D eigenvalue weighted by atomic mass is 9.71. The fourth-order valence-electron chi connectivity index (χ4n) is 3.89. The second kappa shape index (κ2) is 8.56. The van der Waals surface area contributed by atoms with Crippen LogP contribution in [-0.4, -0.2) is 50.0 Å². The van der Waals surface area contributed by atoms with Crippen molar-refractivity contribution in [2.24, 2.45) is 10.9 Å². The van der Waals surface area contributed by atoms with Crippen LogP contribution in [0, 0.1) is 5.92 Å². The van der Waals surface area contributed by atoms with Crippen LogP contribution in [0.3, 0.4) is 0 Å². The van der Waals surface area contributed by atoms with E-state index in [-0.39, 0.29) is 24.7 Å². The van der Waals surface area contributed by atoms with Gasteiger partial charge in [-0.05, 0) is 37.5 Å². The number of phenols is 1. The molecule has 0 aromatic heterocycles. The molecule has 0 bridgehead atoms. The van der Waals surface area contributed by atoms with Crippen LogP contribution in [0.2, 0.25) is 0 Å². The van der Waals surface area contributed by atoms with Crippen molar-refractivity contribution in [3.05, 3.63) is 35.0 Å². The monoisotopic (exact) mass is 387 g/mol. The lowest BCUT2D eigenvalue weighted by Gasteiger charge is -2.34. The van der Waals surface area contributed by atoms with Crippen LogP contribution in [0.1, 0.15) is 37.7 Å². The molecule has 1 N–H and O–H groups in total. The number of hydrogen-bond acceptors (Lipinski definition) is 7. The molecule has 1 aliphatic heterocycles. The van der Waals surface area contributed by atoms with Gasteiger partial charge < -0.3 is 19.3 Å². The summed E-state index contributed by atoms with van der Waals surface area (Å²) in [6, 6.07) is 4.94. The number of hydrogen-bond donors (Lipinski definition) is 1. The SMILES string of the molecule is COCCOC(=O)C1C(C)=NC2=C(C(=O)CCC2)[C@@H]1c1ccc(OC)c(O)c1. The van der Waals surface area contributed by atoms with E-state index in [1.165, 1.54) is 14.2 Å². The van der Waals surface area contributed by atoms with E-state index in [0.717, 1.165) is 12.1 Å². The van der Waals surface area contributed by atoms with Gasteiger partial charge in [-0.25, -0.2) is 0 Å². The molecule has 1 unspecified atom stereocenters. The summed E-state index contributed by atoms with van der Waals surface area (Å²) >= 11 is 0. The van der Waals surface area contributed by atoms with Crippen LogP contribution in [0.4, 0.5) is 0 Å². The molecule has 3 rings (SSSR count). The van der Waals surface area contributed by atoms with Gasteiger partial charge in [-0.2, -0.15) is 0 Å². The minimum absolute atomic E-state index is 0.00695. The molecule has 1 heterocycles. The predicted octanol–water partition coefficient (Wildman–Crippen LogP) is 2.77. The van der Waals surface area contributed by atoms with Gasteiger partial charge >= 0.3 is 5.97 Å². The molecule has 0 fully saturated rings. The molecule has 0 spiro atoms. The molecule has 1 aliphatic carbocycles. The summed E-state index contributed by atoms with van der Waals surface area (Å²) < 4.78 is 15.4. The number of esters is 1. The normalized spacial score (nSPS) is 21.8. The van der Waals surface area contributed by atoms with Crippen molar-refractivity contribution in [1.29, 1.82) is 0 Å². The first-order valence-electron chi connectivity index (χ1n) is 9.31. The van der Waals surface area contributed by atoms with Gasteiger partial charge in [0.2, 0.25) is 0 Å². The van der Waals surface area contributed by atoms with Gasteiger partial charge in [0.05, 0.1) is 13.7 Å². The smallest absolute Gasteiger partial charge is 0.315 e. The summed E-state index contributed by atoms with van der Waals surface area (Å²) in [6.45, 7) is 2.19. The summed E-state index contributed by atoms with van der Waals surface area (Å²) in [5.41, 5.74) is 2.55. The van der Waals surface area contributed by atoms with Gasteiger partial charge in [-0.1, -0.05) is 6.07 Å². The van der Waals surface area contributed by atoms with Gasteiger partial charge in [0.1, 0.15) is 12.5 Å². The minimum atomic E-state index is -0.731. The number of rotatable bonds is 6. The minimum Gasteiger partial charge on any atom is -0.504 e. The fourth-order valence-corrected chi connectivity index (χ4v) is 3.89. The highest BCUT2D eigenvalue weighted by molar-refractivity contribution is 6.08. The molecule has 2 aliphatic rings. The molecule has 0 saturated heterocycles. The zero-order chi connectivity index (χ0) is 20.3. The molecule has 0 saturated carbocycles. The molecule has 2 atom stereocenters. The summed E-state index contributed by atoms with van der Waals surface area (Å²) in [5, 5.41) is 10.3. The zero-order valence-corrected chi connectivity index (χ0v) is 16.4. The molecule has 1 aromatic carbocycles. The van der Waals surface area contributed by atoms with Crippen molar-refractivity contribution >= 4 is 17.5 Å². The third-order valence-electron chi connectivity index (χ3n) is 5.18. The Hall–Kier alpha value is -2.67. The van der Waals surface area contributed by atoms with Gasteiger partial charge in [0.15, 0.2) is 17.3 Å². The second-order valence-corrected chi connectivity index (χ2v) is 6.94. The number of carbonyl (C=O) groups is 2. The molecule has 7 heteroatoms. The Morgan fingerprint density at radius 3 is 2.71 bits per heavy atom. The first kappa shape index (κ1) is 20.1. The lowest BCUT2D eigenvalue weighted by Crippen LogP contribution is -2.37. The first-order valence-corrected chi connectivity index (χ1v) is 9.31. The Kier molecular flexibility index (Phi) is 6.14. The van der Waals surface area contributed by atoms with Gasteiger partial charge in [0, 0.05) is 36.4 Å². The van der Waals surface area contributed by atoms with Crippen molar-refractivity contribution in [1.82, 2.24) is 0 Å². The van der Waals surface area contributed by atoms with Gasteiger partial charge in [-0.15, -0.1) is 0 Å². The first-order chi connectivity index (χ1) is 13.5. The Bertz CT molecular complexity index is 841. The highest BCUT2D eigenvalue weighted by Crippen LogP contribution is 2.45. The van der Waals surface area contributed by atoms with Gasteiger partial charge in [0.25, 0.3) is 0 Å². The van der Waals surface area contributed by atoms with Crippen molar-refractivity contribution in [2.45, 2.75) is 32.1 Å². The van der Waals surface area contributed by atoms with E-state index in [1.807, 2.05) is 0 Å². The third-order valence-corrected chi connectivity index (χ3v) is 5.18. The predicted molar refractivity (Wildman–Crippen MR) is 103 cm³/mol. The molecule has 28 heavy (non-hydrogen) atoms. The average Bonchev–Trinajstić information content (AvgIpc) is 2.67. The number of Topliss-reactive ketones (excluding diaryl/α,β-unsaturated/α-hetero) is 1. The Morgan fingerprint density at radius 2 is 2.04 bits per heavy atom. The number of ketones is 1. The number of methoxy groups -OCH3 is 2.